The van der Waals surface area contributed by atoms with Crippen LogP contribution in [0.2, 0.25) is 0 Å². The molecule has 11 atom stereocenters. The second kappa shape index (κ2) is 35.9. The third kappa shape index (κ3) is 23.6. The number of aliphatic hydroxyl groups excluding tert-OH is 1. The van der Waals surface area contributed by atoms with Crippen molar-refractivity contribution in [2.24, 2.45) is 29.4 Å². The zero-order valence-electron chi connectivity index (χ0n) is 53.2. The molecule has 0 aromatic heterocycles. The highest BCUT2D eigenvalue weighted by Gasteiger charge is 2.57. The van der Waals surface area contributed by atoms with Gasteiger partial charge in [-0.05, 0) is 126 Å². The van der Waals surface area contributed by atoms with Gasteiger partial charge in [-0.1, -0.05) is 71.4 Å². The predicted molar refractivity (Wildman–Crippen MR) is 330 cm³/mol. The van der Waals surface area contributed by atoms with Crippen LogP contribution in [0.5, 0.6) is 0 Å². The fourth-order valence-corrected chi connectivity index (χ4v) is 11.6. The molecular formula is C64H99N9O15. The van der Waals surface area contributed by atoms with Crippen molar-refractivity contribution >= 4 is 59.3 Å². The Bertz CT molecular complexity index is 2570. The zero-order chi connectivity index (χ0) is 64.5. The molecule has 4 aliphatic heterocycles. The Balaban J connectivity index is 0.932. The van der Waals surface area contributed by atoms with Crippen LogP contribution in [0.25, 0.3) is 0 Å². The van der Waals surface area contributed by atoms with Gasteiger partial charge in [0.05, 0.1) is 42.7 Å². The van der Waals surface area contributed by atoms with E-state index in [2.05, 4.69) is 79.4 Å². The zero-order valence-corrected chi connectivity index (χ0v) is 53.2. The molecule has 0 bridgehead atoms. The van der Waals surface area contributed by atoms with Crippen LogP contribution in [-0.4, -0.2) is 181 Å². The van der Waals surface area contributed by atoms with E-state index in [1.165, 1.54) is 17.1 Å². The highest BCUT2D eigenvalue weighted by Crippen LogP contribution is 2.47. The number of aliphatic hydroxyl groups is 1. The Labute approximate surface area is 519 Å². The van der Waals surface area contributed by atoms with Gasteiger partial charge in [-0.2, -0.15) is 0 Å². The first-order valence-electron chi connectivity index (χ1n) is 31.4. The summed E-state index contributed by atoms with van der Waals surface area (Å²) in [5.41, 5.74) is 7.14. The molecule has 0 aliphatic carbocycles. The number of allylic oxidation sites excluding steroid dienone is 3. The minimum atomic E-state index is -1.06. The summed E-state index contributed by atoms with van der Waals surface area (Å²) < 4.78 is 29.3. The van der Waals surface area contributed by atoms with Gasteiger partial charge in [-0.3, -0.25) is 33.7 Å². The molecule has 4 aliphatic rings. The van der Waals surface area contributed by atoms with E-state index in [1.54, 1.807) is 57.0 Å². The van der Waals surface area contributed by atoms with Crippen LogP contribution >= 0.6 is 0 Å². The number of piperazine rings is 1. The number of rotatable bonds is 35. The Morgan fingerprint density at radius 1 is 0.807 bits per heavy atom. The van der Waals surface area contributed by atoms with E-state index in [1.807, 2.05) is 0 Å². The van der Waals surface area contributed by atoms with E-state index in [-0.39, 0.29) is 137 Å². The predicted octanol–water partition coefficient (Wildman–Crippen LogP) is 6.15. The molecule has 3 fully saturated rings. The smallest absolute Gasteiger partial charge is 0.410 e. The number of carbonyl (C=O) groups is 9. The largest absolute Gasteiger partial charge is 0.449 e. The Hall–Kier alpha value is -6.89. The summed E-state index contributed by atoms with van der Waals surface area (Å²) in [6.07, 6.45) is 14.1. The number of primary amides is 1. The number of unbranched alkanes of at least 4 members (excludes halogenated alkanes) is 4. The van der Waals surface area contributed by atoms with Crippen LogP contribution in [-0.2, 0) is 59.1 Å². The van der Waals surface area contributed by atoms with Crippen LogP contribution in [0.1, 0.15) is 144 Å². The first kappa shape index (κ1) is 71.9. The van der Waals surface area contributed by atoms with Gasteiger partial charge in [-0.15, -0.1) is 0 Å². The fraction of sp³-hybridized carbons (Fsp3) is 0.672. The lowest BCUT2D eigenvalue weighted by Gasteiger charge is -2.35. The molecule has 88 heavy (non-hydrogen) atoms. The summed E-state index contributed by atoms with van der Waals surface area (Å²) in [5, 5.41) is 24.0. The topological polar surface area (TPSA) is 319 Å². The monoisotopic (exact) mass is 1230 g/mol. The molecule has 0 radical (unpaired) electrons. The lowest BCUT2D eigenvalue weighted by molar-refractivity contribution is -0.137. The molecule has 1 aromatic rings. The minimum Gasteiger partial charge on any atom is -0.449 e. The lowest BCUT2D eigenvalue weighted by Crippen LogP contribution is -2.54. The van der Waals surface area contributed by atoms with Crippen LogP contribution in [0, 0.1) is 23.7 Å². The van der Waals surface area contributed by atoms with Gasteiger partial charge in [-0.25, -0.2) is 14.4 Å². The maximum Gasteiger partial charge on any atom is 0.410 e. The molecule has 0 saturated carbocycles. The van der Waals surface area contributed by atoms with Crippen molar-refractivity contribution in [3.05, 3.63) is 65.8 Å². The normalized spacial score (nSPS) is 22.4. The van der Waals surface area contributed by atoms with E-state index in [4.69, 9.17) is 29.4 Å². The maximum absolute atomic E-state index is 13.6. The van der Waals surface area contributed by atoms with E-state index in [0.717, 1.165) is 29.7 Å². The Kier molecular flexibility index (Phi) is 29.3. The third-order valence-corrected chi connectivity index (χ3v) is 16.7. The number of methoxy groups -OCH3 is 1. The number of ether oxygens (including phenoxy) is 5. The summed E-state index contributed by atoms with van der Waals surface area (Å²) in [5.74, 6) is -1.87. The number of hydrogen-bond acceptors (Lipinski definition) is 15. The molecule has 0 unspecified atom stereocenters. The molecule has 8 N–H and O–H groups in total. The standard InChI is InChI=1S/C64H99N9O15/c1-41(2)55(70-52(76)22-12-10-14-32-73-53(77)29-30-54(73)78)60(80)69-50(20-17-31-66-61(65)81)59(79)68-48-26-24-47(25-27-48)40-86-63(83)72-35-33-71(34-36-72)62(82)85-37-15-11-13-21-51(75)67-39-49-28-23-44(5)56(87-49)43(4)19-16-18-42(3)38-64(8)58(88-64)45(6)57(84-9)46(7)74/h16,18-19,24-27,29-30,41-42,44-46,49-50,55-58,74H,10-15,17,20-23,28,31-40H2,1-9H3,(H,67,75)(H,68,79)(H,69,80)(H,70,76)(H3,65,66,81)/b18-16+,43-19+/t42-,44+,45-,46-,49-,50+,55+,56-,57-,58-,64-/m1/s1. The molecule has 1 aromatic carbocycles. The van der Waals surface area contributed by atoms with Crippen LogP contribution in [0.4, 0.5) is 20.1 Å². The highest BCUT2D eigenvalue weighted by atomic mass is 16.6. The SMILES string of the molecule is CO[C@H]([C@@H](C)[C@H]1O[C@]1(C)C[C@H](C)/C=C/C=C(\C)[C@H]1O[C@@H](CNC(=O)CCCCCOC(=O)N2CCN(C(=O)OCc3ccc(NC(=O)[C@H](CCCNC(N)=O)NC(=O)[C@@H](NC(=O)CCCCCN4C(=O)C=CC4=O)C(C)C)cc3)CC2)CC[C@@H]1C)[C@@H](C)O. The number of epoxide rings is 1. The van der Waals surface area contributed by atoms with E-state index >= 15 is 0 Å². The van der Waals surface area contributed by atoms with Crippen molar-refractivity contribution in [2.45, 2.75) is 194 Å². The van der Waals surface area contributed by atoms with Gasteiger partial charge in [0, 0.05) is 89.5 Å². The first-order valence-corrected chi connectivity index (χ1v) is 31.4. The van der Waals surface area contributed by atoms with Crippen molar-refractivity contribution in [1.29, 1.82) is 0 Å². The molecule has 490 valence electrons. The maximum atomic E-state index is 13.6. The molecule has 3 saturated heterocycles. The van der Waals surface area contributed by atoms with Crippen molar-refractivity contribution in [2.75, 3.05) is 64.8 Å². The van der Waals surface area contributed by atoms with Gasteiger partial charge in [0.15, 0.2) is 0 Å². The number of nitrogens with two attached hydrogens (primary N) is 1. The van der Waals surface area contributed by atoms with Crippen LogP contribution < -0.4 is 32.3 Å². The quantitative estimate of drug-likeness (QED) is 0.0173. The number of amides is 10. The second-order valence-electron chi connectivity index (χ2n) is 24.6. The molecule has 0 spiro atoms. The van der Waals surface area contributed by atoms with Gasteiger partial charge in [0.25, 0.3) is 11.8 Å². The number of benzene rings is 1. The van der Waals surface area contributed by atoms with Crippen molar-refractivity contribution in [3.8, 4) is 0 Å². The number of nitrogens with zero attached hydrogens (tertiary/aromatic N) is 3. The van der Waals surface area contributed by atoms with Gasteiger partial charge < -0.3 is 70.9 Å². The van der Waals surface area contributed by atoms with E-state index < -0.39 is 48.2 Å². The number of carbonyl (C=O) groups excluding carboxylic acids is 9. The molecule has 24 heteroatoms. The van der Waals surface area contributed by atoms with E-state index in [9.17, 15) is 48.3 Å². The summed E-state index contributed by atoms with van der Waals surface area (Å²) in [6, 6.07) is 3.85. The average molecular weight is 1230 g/mol. The molecule has 24 nitrogen and oxygen atoms in total. The molecular weight excluding hydrogens is 1130 g/mol. The Morgan fingerprint density at radius 2 is 1.44 bits per heavy atom. The summed E-state index contributed by atoms with van der Waals surface area (Å²) in [6.45, 7) is 18.0. The minimum absolute atomic E-state index is 0.0382. The average Bonchev–Trinajstić information content (AvgIpc) is 1.84. The van der Waals surface area contributed by atoms with Crippen LogP contribution in [0.3, 0.4) is 0 Å². The number of imide groups is 1. The second-order valence-corrected chi connectivity index (χ2v) is 24.6. The number of urea groups is 1. The van der Waals surface area contributed by atoms with Gasteiger partial charge >= 0.3 is 18.2 Å². The number of anilines is 1. The first-order chi connectivity index (χ1) is 41.9. The van der Waals surface area contributed by atoms with Gasteiger partial charge in [0.1, 0.15) is 18.7 Å². The number of hydrogen-bond donors (Lipinski definition) is 7. The highest BCUT2D eigenvalue weighted by molar-refractivity contribution is 6.12. The number of nitrogens with one attached hydrogen (secondary N) is 5. The summed E-state index contributed by atoms with van der Waals surface area (Å²) >= 11 is 0. The fourth-order valence-electron chi connectivity index (χ4n) is 11.6. The third-order valence-electron chi connectivity index (χ3n) is 16.7. The Morgan fingerprint density at radius 3 is 2.07 bits per heavy atom. The summed E-state index contributed by atoms with van der Waals surface area (Å²) in [4.78, 5) is 118. The van der Waals surface area contributed by atoms with Crippen molar-refractivity contribution in [1.82, 2.24) is 36.0 Å². The summed E-state index contributed by atoms with van der Waals surface area (Å²) in [7, 11) is 1.63. The van der Waals surface area contributed by atoms with Crippen LogP contribution in [0.15, 0.2) is 60.2 Å². The molecule has 4 heterocycles. The molecule has 10 amide bonds. The van der Waals surface area contributed by atoms with E-state index in [0.29, 0.717) is 75.1 Å². The van der Waals surface area contributed by atoms with Crippen molar-refractivity contribution < 1.29 is 71.9 Å². The van der Waals surface area contributed by atoms with Gasteiger partial charge in [0.2, 0.25) is 23.6 Å². The van der Waals surface area contributed by atoms with Crippen molar-refractivity contribution in [3.63, 3.8) is 0 Å². The lowest BCUT2D eigenvalue weighted by atomic mass is 9.85. The molecule has 5 rings (SSSR count).